The molecule has 0 aliphatic rings. The summed E-state index contributed by atoms with van der Waals surface area (Å²) in [6.45, 7) is 0. The quantitative estimate of drug-likeness (QED) is 0.637. The second-order valence-electron chi connectivity index (χ2n) is 3.74. The van der Waals surface area contributed by atoms with Crippen LogP contribution in [-0.4, -0.2) is 11.3 Å². The van der Waals surface area contributed by atoms with Crippen LogP contribution in [0.5, 0.6) is 0 Å². The van der Waals surface area contributed by atoms with E-state index in [-0.39, 0.29) is 0 Å². The molecule has 0 radical (unpaired) electrons. The minimum absolute atomic E-state index is 0.660. The number of fused-ring (bicyclic) bond motifs is 1. The van der Waals surface area contributed by atoms with Gasteiger partial charge in [-0.2, -0.15) is 0 Å². The van der Waals surface area contributed by atoms with Gasteiger partial charge >= 0.3 is 0 Å². The fourth-order valence-electron chi connectivity index (χ4n) is 1.76. The molecule has 0 fully saturated rings. The van der Waals surface area contributed by atoms with Crippen LogP contribution in [0, 0.1) is 0 Å². The molecule has 1 aromatic carbocycles. The largest absolute Gasteiger partial charge is 0.298 e. The minimum atomic E-state index is 0.660. The molecule has 2 heterocycles. The summed E-state index contributed by atoms with van der Waals surface area (Å²) in [5, 5.41) is 1.21. The summed E-state index contributed by atoms with van der Waals surface area (Å²) in [7, 11) is 0. The molecule has 82 valence electrons. The van der Waals surface area contributed by atoms with Gasteiger partial charge in [-0.1, -0.05) is 18.2 Å². The summed E-state index contributed by atoms with van der Waals surface area (Å²) in [5.41, 5.74) is 1.52. The van der Waals surface area contributed by atoms with Crippen molar-refractivity contribution in [3.8, 4) is 10.6 Å². The maximum absolute atomic E-state index is 10.7. The Balaban J connectivity index is 2.16. The Morgan fingerprint density at radius 1 is 1.12 bits per heavy atom. The summed E-state index contributed by atoms with van der Waals surface area (Å²) < 4.78 is 1.24. The Labute approximate surface area is 103 Å². The van der Waals surface area contributed by atoms with E-state index < -0.39 is 0 Å². The predicted molar refractivity (Wildman–Crippen MR) is 70.4 cm³/mol. The Hall–Kier alpha value is -2.00. The van der Waals surface area contributed by atoms with Gasteiger partial charge < -0.3 is 0 Å². The topological polar surface area (TPSA) is 30.0 Å². The Kier molecular flexibility index (Phi) is 2.46. The van der Waals surface area contributed by atoms with Crippen molar-refractivity contribution < 1.29 is 4.79 Å². The number of thiophene rings is 1. The number of carbonyl (C=O) groups is 1. The highest BCUT2D eigenvalue weighted by Crippen LogP contribution is 2.32. The van der Waals surface area contributed by atoms with Crippen molar-refractivity contribution in [1.82, 2.24) is 4.98 Å². The molecular weight excluding hydrogens is 230 g/mol. The molecule has 0 saturated carbocycles. The molecule has 17 heavy (non-hydrogen) atoms. The molecular formula is C14H9NOS. The fourth-order valence-corrected chi connectivity index (χ4v) is 2.79. The van der Waals surface area contributed by atoms with Gasteiger partial charge in [0.05, 0.1) is 10.6 Å². The molecule has 0 N–H and O–H groups in total. The third-order valence-corrected chi connectivity index (χ3v) is 3.74. The van der Waals surface area contributed by atoms with Crippen molar-refractivity contribution in [1.29, 1.82) is 0 Å². The third kappa shape index (κ3) is 1.85. The van der Waals surface area contributed by atoms with Crippen LogP contribution in [0.15, 0.2) is 48.7 Å². The number of rotatable bonds is 2. The number of pyridine rings is 1. The van der Waals surface area contributed by atoms with Gasteiger partial charge in [0, 0.05) is 16.5 Å². The van der Waals surface area contributed by atoms with Gasteiger partial charge in [-0.25, -0.2) is 0 Å². The number of aldehydes is 1. The zero-order valence-electron chi connectivity index (χ0n) is 8.96. The number of nitrogens with zero attached hydrogens (tertiary/aromatic N) is 1. The summed E-state index contributed by atoms with van der Waals surface area (Å²) in [6, 6.07) is 13.9. The van der Waals surface area contributed by atoms with Crippen molar-refractivity contribution in [3.05, 3.63) is 54.2 Å². The number of hydrogen-bond acceptors (Lipinski definition) is 3. The van der Waals surface area contributed by atoms with E-state index in [0.29, 0.717) is 5.56 Å². The Morgan fingerprint density at radius 2 is 2.00 bits per heavy atom. The first-order chi connectivity index (χ1) is 8.36. The van der Waals surface area contributed by atoms with Gasteiger partial charge in [0.2, 0.25) is 0 Å². The molecule has 0 atom stereocenters. The minimum Gasteiger partial charge on any atom is -0.298 e. The monoisotopic (exact) mass is 239 g/mol. The van der Waals surface area contributed by atoms with Gasteiger partial charge in [0.15, 0.2) is 0 Å². The molecule has 0 aliphatic carbocycles. The standard InChI is InChI=1S/C14H9NOS/c16-9-10-5-6-15-12(7-10)14-8-11-3-1-2-4-13(11)17-14/h1-9H. The van der Waals surface area contributed by atoms with E-state index in [0.717, 1.165) is 16.9 Å². The first kappa shape index (κ1) is 10.2. The second kappa shape index (κ2) is 4.11. The highest BCUT2D eigenvalue weighted by atomic mass is 32.1. The summed E-state index contributed by atoms with van der Waals surface area (Å²) in [5.74, 6) is 0. The smallest absolute Gasteiger partial charge is 0.150 e. The zero-order valence-corrected chi connectivity index (χ0v) is 9.78. The van der Waals surface area contributed by atoms with Crippen molar-refractivity contribution in [2.24, 2.45) is 0 Å². The van der Waals surface area contributed by atoms with Gasteiger partial charge in [-0.3, -0.25) is 9.78 Å². The Bertz CT molecular complexity index is 654. The third-order valence-electron chi connectivity index (χ3n) is 2.60. The summed E-state index contributed by atoms with van der Waals surface area (Å²) in [4.78, 5) is 16.1. The number of aromatic nitrogens is 1. The highest BCUT2D eigenvalue weighted by Gasteiger charge is 2.05. The maximum Gasteiger partial charge on any atom is 0.150 e. The van der Waals surface area contributed by atoms with Crippen molar-refractivity contribution in [3.63, 3.8) is 0 Å². The Morgan fingerprint density at radius 3 is 2.82 bits per heavy atom. The summed E-state index contributed by atoms with van der Waals surface area (Å²) in [6.07, 6.45) is 2.52. The number of carbonyl (C=O) groups excluding carboxylic acids is 1. The van der Waals surface area contributed by atoms with Crippen LogP contribution in [0.1, 0.15) is 10.4 Å². The van der Waals surface area contributed by atoms with E-state index in [2.05, 4.69) is 23.2 Å². The molecule has 0 bridgehead atoms. The number of benzene rings is 1. The van der Waals surface area contributed by atoms with E-state index in [1.165, 1.54) is 10.1 Å². The van der Waals surface area contributed by atoms with Crippen LogP contribution in [0.25, 0.3) is 20.7 Å². The van der Waals surface area contributed by atoms with Crippen LogP contribution in [0.2, 0.25) is 0 Å². The molecule has 2 nitrogen and oxygen atoms in total. The van der Waals surface area contributed by atoms with Gasteiger partial charge in [-0.15, -0.1) is 11.3 Å². The molecule has 3 heteroatoms. The lowest BCUT2D eigenvalue weighted by Gasteiger charge is -1.96. The van der Waals surface area contributed by atoms with Gasteiger partial charge in [0.25, 0.3) is 0 Å². The lowest BCUT2D eigenvalue weighted by Crippen LogP contribution is -1.83. The molecule has 0 amide bonds. The zero-order chi connectivity index (χ0) is 11.7. The molecule has 0 spiro atoms. The average molecular weight is 239 g/mol. The first-order valence-corrected chi connectivity index (χ1v) is 6.08. The molecule has 3 aromatic rings. The van der Waals surface area contributed by atoms with E-state index >= 15 is 0 Å². The normalized spacial score (nSPS) is 10.6. The maximum atomic E-state index is 10.7. The molecule has 0 aliphatic heterocycles. The second-order valence-corrected chi connectivity index (χ2v) is 4.82. The van der Waals surface area contributed by atoms with E-state index in [1.54, 1.807) is 23.6 Å². The van der Waals surface area contributed by atoms with Gasteiger partial charge in [-0.05, 0) is 29.7 Å². The van der Waals surface area contributed by atoms with Gasteiger partial charge in [0.1, 0.15) is 6.29 Å². The van der Waals surface area contributed by atoms with E-state index in [1.807, 2.05) is 18.2 Å². The fraction of sp³-hybridized carbons (Fsp3) is 0. The van der Waals surface area contributed by atoms with Crippen LogP contribution in [-0.2, 0) is 0 Å². The van der Waals surface area contributed by atoms with Crippen LogP contribution in [0.3, 0.4) is 0 Å². The first-order valence-electron chi connectivity index (χ1n) is 5.27. The predicted octanol–water partition coefficient (Wildman–Crippen LogP) is 3.78. The number of hydrogen-bond donors (Lipinski definition) is 0. The van der Waals surface area contributed by atoms with E-state index in [9.17, 15) is 4.79 Å². The van der Waals surface area contributed by atoms with Crippen LogP contribution in [0.4, 0.5) is 0 Å². The highest BCUT2D eigenvalue weighted by molar-refractivity contribution is 7.22. The molecule has 3 rings (SSSR count). The van der Waals surface area contributed by atoms with Crippen molar-refractivity contribution in [2.45, 2.75) is 0 Å². The molecule has 0 saturated heterocycles. The average Bonchev–Trinajstić information content (AvgIpc) is 2.82. The summed E-state index contributed by atoms with van der Waals surface area (Å²) >= 11 is 1.69. The van der Waals surface area contributed by atoms with E-state index in [4.69, 9.17) is 0 Å². The molecule has 0 unspecified atom stereocenters. The van der Waals surface area contributed by atoms with Crippen LogP contribution >= 0.6 is 11.3 Å². The molecule has 2 aromatic heterocycles. The lowest BCUT2D eigenvalue weighted by atomic mass is 10.2. The van der Waals surface area contributed by atoms with Crippen LogP contribution < -0.4 is 0 Å². The van der Waals surface area contributed by atoms with Crippen molar-refractivity contribution in [2.75, 3.05) is 0 Å². The SMILES string of the molecule is O=Cc1ccnc(-c2cc3ccccc3s2)c1. The lowest BCUT2D eigenvalue weighted by molar-refractivity contribution is 0.112. The van der Waals surface area contributed by atoms with Crippen molar-refractivity contribution >= 4 is 27.7 Å².